The van der Waals surface area contributed by atoms with Crippen LogP contribution in [0, 0.1) is 22.9 Å². The van der Waals surface area contributed by atoms with Crippen LogP contribution in [-0.4, -0.2) is 55.7 Å². The number of aryl methyl sites for hydroxylation is 1. The Kier molecular flexibility index (Phi) is 5.43. The Morgan fingerprint density at radius 2 is 1.76 bits per heavy atom. The number of halogens is 1. The third kappa shape index (κ3) is 4.00. The van der Waals surface area contributed by atoms with Gasteiger partial charge in [0.25, 0.3) is 5.69 Å². The first-order valence-corrected chi connectivity index (χ1v) is 11.3. The monoisotopic (exact) mass is 468 g/mol. The summed E-state index contributed by atoms with van der Waals surface area (Å²) >= 11 is 1.36. The quantitative estimate of drug-likeness (QED) is 0.352. The van der Waals surface area contributed by atoms with E-state index in [1.54, 1.807) is 31.2 Å². The molecule has 1 aliphatic rings. The van der Waals surface area contributed by atoms with Gasteiger partial charge in [-0.15, -0.1) is 5.10 Å². The van der Waals surface area contributed by atoms with E-state index in [0.29, 0.717) is 28.8 Å². The fourth-order valence-corrected chi connectivity index (χ4v) is 5.39. The molecule has 11 heteroatoms. The second kappa shape index (κ2) is 8.41. The molecule has 4 aromatic rings. The maximum Gasteiger partial charge on any atom is 0.269 e. The highest BCUT2D eigenvalue weighted by atomic mass is 32.1. The standard InChI is InChI=1S/C22H21FN6O3S/c1-14-24-22-28(25-14)21(30)20(33-22)19(15-2-6-18(7-3-15)29(31)32)27-12-10-26(11-13-27)17-8-4-16(23)5-9-17/h2-9,19,30H,10-13H2,1H3/t19-/m1/s1. The Bertz CT molecular complexity index is 1300. The maximum absolute atomic E-state index is 13.3. The fraction of sp³-hybridized carbons (Fsp3) is 0.273. The van der Waals surface area contributed by atoms with Crippen molar-refractivity contribution < 1.29 is 14.4 Å². The van der Waals surface area contributed by atoms with E-state index >= 15 is 0 Å². The molecule has 1 fully saturated rings. The average molecular weight is 469 g/mol. The summed E-state index contributed by atoms with van der Waals surface area (Å²) in [6.07, 6.45) is 0. The van der Waals surface area contributed by atoms with Crippen molar-refractivity contribution in [3.63, 3.8) is 0 Å². The lowest BCUT2D eigenvalue weighted by Crippen LogP contribution is -2.47. The average Bonchev–Trinajstić information content (AvgIpc) is 3.32. The van der Waals surface area contributed by atoms with Gasteiger partial charge in [-0.25, -0.2) is 9.37 Å². The number of aromatic nitrogens is 3. The number of nitrogens with zero attached hydrogens (tertiary/aromatic N) is 6. The highest BCUT2D eigenvalue weighted by molar-refractivity contribution is 7.17. The van der Waals surface area contributed by atoms with E-state index in [0.717, 1.165) is 24.3 Å². The lowest BCUT2D eigenvalue weighted by molar-refractivity contribution is -0.384. The van der Waals surface area contributed by atoms with Crippen LogP contribution in [0.15, 0.2) is 48.5 Å². The molecule has 33 heavy (non-hydrogen) atoms. The van der Waals surface area contributed by atoms with Gasteiger partial charge in [0.15, 0.2) is 0 Å². The van der Waals surface area contributed by atoms with Crippen LogP contribution in [0.5, 0.6) is 5.88 Å². The smallest absolute Gasteiger partial charge is 0.269 e. The molecule has 2 aromatic carbocycles. The molecule has 3 heterocycles. The van der Waals surface area contributed by atoms with Crippen LogP contribution >= 0.6 is 11.3 Å². The Morgan fingerprint density at radius 1 is 1.09 bits per heavy atom. The largest absolute Gasteiger partial charge is 0.492 e. The van der Waals surface area contributed by atoms with Gasteiger partial charge in [0, 0.05) is 44.0 Å². The van der Waals surface area contributed by atoms with Crippen molar-refractivity contribution in [3.8, 4) is 5.88 Å². The number of nitro groups is 1. The summed E-state index contributed by atoms with van der Waals surface area (Å²) in [7, 11) is 0. The highest BCUT2D eigenvalue weighted by Crippen LogP contribution is 2.40. The van der Waals surface area contributed by atoms with Crippen molar-refractivity contribution in [1.82, 2.24) is 19.5 Å². The summed E-state index contributed by atoms with van der Waals surface area (Å²) in [4.78, 5) is 20.8. The maximum atomic E-state index is 13.3. The van der Waals surface area contributed by atoms with Crippen molar-refractivity contribution in [2.24, 2.45) is 0 Å². The zero-order chi connectivity index (χ0) is 23.1. The molecular weight excluding hydrogens is 447 g/mol. The molecule has 0 amide bonds. The van der Waals surface area contributed by atoms with Crippen molar-refractivity contribution in [1.29, 1.82) is 0 Å². The Morgan fingerprint density at radius 3 is 2.36 bits per heavy atom. The minimum Gasteiger partial charge on any atom is -0.492 e. The Hall–Kier alpha value is -3.57. The molecule has 1 saturated heterocycles. The Labute approximate surface area is 192 Å². The fourth-order valence-electron chi connectivity index (χ4n) is 4.22. The highest BCUT2D eigenvalue weighted by Gasteiger charge is 2.32. The lowest BCUT2D eigenvalue weighted by atomic mass is 10.0. The Balaban J connectivity index is 1.47. The van der Waals surface area contributed by atoms with Crippen molar-refractivity contribution in [2.45, 2.75) is 13.0 Å². The summed E-state index contributed by atoms with van der Waals surface area (Å²) in [5, 5.41) is 26.3. The third-order valence-electron chi connectivity index (χ3n) is 5.84. The van der Waals surface area contributed by atoms with Crippen LogP contribution < -0.4 is 4.90 Å². The van der Waals surface area contributed by atoms with Gasteiger partial charge in [-0.05, 0) is 36.8 Å². The minimum atomic E-state index is -0.427. The van der Waals surface area contributed by atoms with Gasteiger partial charge in [-0.2, -0.15) is 4.52 Å². The summed E-state index contributed by atoms with van der Waals surface area (Å²) < 4.78 is 14.7. The van der Waals surface area contributed by atoms with Gasteiger partial charge in [-0.1, -0.05) is 23.5 Å². The molecule has 1 aliphatic heterocycles. The zero-order valence-corrected chi connectivity index (χ0v) is 18.6. The summed E-state index contributed by atoms with van der Waals surface area (Å²) in [5.41, 5.74) is 1.81. The molecule has 1 atom stereocenters. The van der Waals surface area contributed by atoms with Crippen molar-refractivity contribution in [3.05, 3.63) is 80.7 Å². The number of benzene rings is 2. The first-order chi connectivity index (χ1) is 15.9. The van der Waals surface area contributed by atoms with Crippen LogP contribution in [0.2, 0.25) is 0 Å². The number of anilines is 1. The van der Waals surface area contributed by atoms with Gasteiger partial charge < -0.3 is 10.0 Å². The van der Waals surface area contributed by atoms with Crippen molar-refractivity contribution >= 4 is 27.7 Å². The number of aromatic hydroxyl groups is 1. The molecular formula is C22H21FN6O3S. The number of thiazole rings is 1. The van der Waals surface area contributed by atoms with E-state index in [-0.39, 0.29) is 23.4 Å². The number of hydrogen-bond donors (Lipinski definition) is 1. The second-order valence-electron chi connectivity index (χ2n) is 7.89. The summed E-state index contributed by atoms with van der Waals surface area (Å²) in [6.45, 7) is 4.57. The molecule has 0 aliphatic carbocycles. The molecule has 170 valence electrons. The van der Waals surface area contributed by atoms with Crippen LogP contribution in [0.25, 0.3) is 4.96 Å². The van der Waals surface area contributed by atoms with Gasteiger partial charge in [0.2, 0.25) is 10.8 Å². The van der Waals surface area contributed by atoms with E-state index in [1.807, 2.05) is 0 Å². The van der Waals surface area contributed by atoms with Crippen LogP contribution in [0.3, 0.4) is 0 Å². The zero-order valence-electron chi connectivity index (χ0n) is 17.8. The summed E-state index contributed by atoms with van der Waals surface area (Å²) in [6, 6.07) is 12.6. The molecule has 9 nitrogen and oxygen atoms in total. The van der Waals surface area contributed by atoms with E-state index in [9.17, 15) is 19.6 Å². The van der Waals surface area contributed by atoms with Crippen LogP contribution in [0.4, 0.5) is 15.8 Å². The van der Waals surface area contributed by atoms with Gasteiger partial charge in [0.1, 0.15) is 11.6 Å². The number of nitro benzene ring substituents is 1. The van der Waals surface area contributed by atoms with E-state index < -0.39 is 4.92 Å². The number of non-ortho nitro benzene ring substituents is 1. The molecule has 1 N–H and O–H groups in total. The molecule has 0 bridgehead atoms. The first-order valence-electron chi connectivity index (χ1n) is 10.4. The molecule has 0 spiro atoms. The van der Waals surface area contributed by atoms with Gasteiger partial charge >= 0.3 is 0 Å². The number of rotatable bonds is 5. The third-order valence-corrected chi connectivity index (χ3v) is 6.92. The SMILES string of the molecule is Cc1nc2sc([C@@H](c3ccc([N+](=O)[O-])cc3)N3CCN(c4ccc(F)cc4)CC3)c(O)n2n1. The molecule has 5 rings (SSSR count). The normalized spacial score (nSPS) is 15.8. The summed E-state index contributed by atoms with van der Waals surface area (Å²) in [5.74, 6) is 0.334. The van der Waals surface area contributed by atoms with Gasteiger partial charge in [-0.3, -0.25) is 15.0 Å². The van der Waals surface area contributed by atoms with E-state index in [2.05, 4.69) is 19.9 Å². The topological polar surface area (TPSA) is 100 Å². The molecule has 0 saturated carbocycles. The van der Waals surface area contributed by atoms with Crippen LogP contribution in [-0.2, 0) is 0 Å². The lowest BCUT2D eigenvalue weighted by Gasteiger charge is -2.40. The number of fused-ring (bicyclic) bond motifs is 1. The molecule has 0 radical (unpaired) electrons. The number of piperazine rings is 1. The second-order valence-corrected chi connectivity index (χ2v) is 8.90. The predicted octanol–water partition coefficient (Wildman–Crippen LogP) is 3.76. The first kappa shape index (κ1) is 21.3. The van der Waals surface area contributed by atoms with Gasteiger partial charge in [0.05, 0.1) is 15.8 Å². The van der Waals surface area contributed by atoms with Crippen molar-refractivity contribution in [2.75, 3.05) is 31.1 Å². The van der Waals surface area contributed by atoms with Crippen LogP contribution in [0.1, 0.15) is 22.3 Å². The predicted molar refractivity (Wildman–Crippen MR) is 122 cm³/mol. The van der Waals surface area contributed by atoms with E-state index in [4.69, 9.17) is 0 Å². The molecule has 0 unspecified atom stereocenters. The minimum absolute atomic E-state index is 0.0149. The van der Waals surface area contributed by atoms with E-state index in [1.165, 1.54) is 40.1 Å². The molecule has 2 aromatic heterocycles. The number of hydrogen-bond acceptors (Lipinski definition) is 8.